The predicted molar refractivity (Wildman–Crippen MR) is 125 cm³/mol. The summed E-state index contributed by atoms with van der Waals surface area (Å²) in [5.74, 6) is 0.903. The van der Waals surface area contributed by atoms with Gasteiger partial charge in [0.15, 0.2) is 5.96 Å². The number of rotatable bonds is 9. The van der Waals surface area contributed by atoms with Gasteiger partial charge in [0.05, 0.1) is 13.2 Å². The number of methoxy groups -OCH3 is 1. The summed E-state index contributed by atoms with van der Waals surface area (Å²) in [6, 6.07) is 9.20. The SMILES string of the molecule is CCNC(=NCc1ccc(COC)cc1)NCCCN1CCCCC1C.I. The highest BCUT2D eigenvalue weighted by molar-refractivity contribution is 14.0. The molecular weight excluding hydrogens is 451 g/mol. The van der Waals surface area contributed by atoms with Gasteiger partial charge in [0.25, 0.3) is 0 Å². The molecule has 1 fully saturated rings. The van der Waals surface area contributed by atoms with Crippen LogP contribution in [0.4, 0.5) is 0 Å². The van der Waals surface area contributed by atoms with Gasteiger partial charge in [-0.1, -0.05) is 30.7 Å². The van der Waals surface area contributed by atoms with Crippen LogP contribution in [0.15, 0.2) is 29.3 Å². The zero-order chi connectivity index (χ0) is 18.6. The molecule has 0 spiro atoms. The van der Waals surface area contributed by atoms with Crippen molar-refractivity contribution in [2.45, 2.75) is 58.7 Å². The molecule has 5 nitrogen and oxygen atoms in total. The van der Waals surface area contributed by atoms with E-state index in [0.717, 1.165) is 31.5 Å². The van der Waals surface area contributed by atoms with Crippen molar-refractivity contribution in [2.75, 3.05) is 33.3 Å². The Morgan fingerprint density at radius 1 is 1.19 bits per heavy atom. The van der Waals surface area contributed by atoms with Gasteiger partial charge in [-0.15, -0.1) is 24.0 Å². The van der Waals surface area contributed by atoms with Crippen LogP contribution in [0.3, 0.4) is 0 Å². The van der Waals surface area contributed by atoms with Crippen LogP contribution in [-0.4, -0.2) is 50.2 Å². The zero-order valence-corrected chi connectivity index (χ0v) is 19.5. The molecule has 0 bridgehead atoms. The van der Waals surface area contributed by atoms with Gasteiger partial charge in [-0.05, 0) is 50.8 Å². The molecule has 2 rings (SSSR count). The number of likely N-dealkylation sites (tertiary alicyclic amines) is 1. The van der Waals surface area contributed by atoms with E-state index in [-0.39, 0.29) is 24.0 Å². The summed E-state index contributed by atoms with van der Waals surface area (Å²) in [5, 5.41) is 6.81. The number of benzene rings is 1. The number of hydrogen-bond donors (Lipinski definition) is 2. The Bertz CT molecular complexity index is 535. The molecule has 1 heterocycles. The topological polar surface area (TPSA) is 48.9 Å². The lowest BCUT2D eigenvalue weighted by molar-refractivity contribution is 0.159. The molecule has 0 amide bonds. The first kappa shape index (κ1) is 24.2. The molecule has 0 radical (unpaired) electrons. The Kier molecular flexibility index (Phi) is 12.7. The molecule has 154 valence electrons. The molecule has 27 heavy (non-hydrogen) atoms. The molecule has 1 aromatic rings. The maximum absolute atomic E-state index is 5.15. The Labute approximate surface area is 182 Å². The van der Waals surface area contributed by atoms with Crippen molar-refractivity contribution < 1.29 is 4.74 Å². The fourth-order valence-corrected chi connectivity index (χ4v) is 3.40. The van der Waals surface area contributed by atoms with Gasteiger partial charge in [-0.3, -0.25) is 0 Å². The Morgan fingerprint density at radius 3 is 2.59 bits per heavy atom. The number of piperidine rings is 1. The van der Waals surface area contributed by atoms with Crippen molar-refractivity contribution in [1.29, 1.82) is 0 Å². The van der Waals surface area contributed by atoms with E-state index in [1.165, 1.54) is 43.5 Å². The average molecular weight is 488 g/mol. The number of halogens is 1. The van der Waals surface area contributed by atoms with Gasteiger partial charge in [0.2, 0.25) is 0 Å². The van der Waals surface area contributed by atoms with Crippen molar-refractivity contribution in [3.63, 3.8) is 0 Å². The Morgan fingerprint density at radius 2 is 1.93 bits per heavy atom. The largest absolute Gasteiger partial charge is 0.380 e. The highest BCUT2D eigenvalue weighted by Gasteiger charge is 2.17. The number of aliphatic imine (C=N–C) groups is 1. The molecule has 1 aromatic carbocycles. The van der Waals surface area contributed by atoms with E-state index in [4.69, 9.17) is 9.73 Å². The Hall–Kier alpha value is -0.860. The number of nitrogens with zero attached hydrogens (tertiary/aromatic N) is 2. The van der Waals surface area contributed by atoms with Crippen molar-refractivity contribution in [2.24, 2.45) is 4.99 Å². The van der Waals surface area contributed by atoms with Crippen LogP contribution in [0.1, 0.15) is 50.7 Å². The molecule has 0 aromatic heterocycles. The van der Waals surface area contributed by atoms with Crippen molar-refractivity contribution in [3.05, 3.63) is 35.4 Å². The van der Waals surface area contributed by atoms with E-state index in [9.17, 15) is 0 Å². The van der Waals surface area contributed by atoms with E-state index < -0.39 is 0 Å². The van der Waals surface area contributed by atoms with E-state index >= 15 is 0 Å². The van der Waals surface area contributed by atoms with Gasteiger partial charge in [0, 0.05) is 32.8 Å². The number of ether oxygens (including phenoxy) is 1. The lowest BCUT2D eigenvalue weighted by atomic mass is 10.0. The maximum Gasteiger partial charge on any atom is 0.191 e. The molecule has 0 aliphatic carbocycles. The summed E-state index contributed by atoms with van der Waals surface area (Å²) in [6.45, 7) is 10.1. The second-order valence-corrected chi connectivity index (χ2v) is 7.11. The first-order valence-corrected chi connectivity index (χ1v) is 10.1. The fraction of sp³-hybridized carbons (Fsp3) is 0.667. The van der Waals surface area contributed by atoms with Gasteiger partial charge in [-0.2, -0.15) is 0 Å². The highest BCUT2D eigenvalue weighted by atomic mass is 127. The molecule has 1 aliphatic heterocycles. The van der Waals surface area contributed by atoms with Gasteiger partial charge in [0.1, 0.15) is 0 Å². The van der Waals surface area contributed by atoms with Crippen LogP contribution in [0.5, 0.6) is 0 Å². The first-order chi connectivity index (χ1) is 12.7. The molecule has 1 aliphatic rings. The van der Waals surface area contributed by atoms with Gasteiger partial charge >= 0.3 is 0 Å². The molecular formula is C21H37IN4O. The highest BCUT2D eigenvalue weighted by Crippen LogP contribution is 2.16. The molecule has 1 unspecified atom stereocenters. The quantitative estimate of drug-likeness (QED) is 0.241. The van der Waals surface area contributed by atoms with Crippen molar-refractivity contribution in [1.82, 2.24) is 15.5 Å². The first-order valence-electron chi connectivity index (χ1n) is 10.1. The monoisotopic (exact) mass is 488 g/mol. The van der Waals surface area contributed by atoms with Crippen molar-refractivity contribution in [3.8, 4) is 0 Å². The van der Waals surface area contributed by atoms with E-state index in [1.54, 1.807) is 7.11 Å². The van der Waals surface area contributed by atoms with Gasteiger partial charge in [-0.25, -0.2) is 4.99 Å². The lowest BCUT2D eigenvalue weighted by Crippen LogP contribution is -2.41. The molecule has 1 saturated heterocycles. The normalized spacial score (nSPS) is 18.0. The maximum atomic E-state index is 5.15. The van der Waals surface area contributed by atoms with E-state index in [2.05, 4.69) is 53.6 Å². The third-order valence-electron chi connectivity index (χ3n) is 4.95. The summed E-state index contributed by atoms with van der Waals surface area (Å²) in [7, 11) is 1.72. The van der Waals surface area contributed by atoms with Crippen LogP contribution >= 0.6 is 24.0 Å². The van der Waals surface area contributed by atoms with Crippen molar-refractivity contribution >= 4 is 29.9 Å². The van der Waals surface area contributed by atoms with Gasteiger partial charge < -0.3 is 20.3 Å². The summed E-state index contributed by atoms with van der Waals surface area (Å²) in [5.41, 5.74) is 2.40. The lowest BCUT2D eigenvalue weighted by Gasteiger charge is -2.33. The summed E-state index contributed by atoms with van der Waals surface area (Å²) >= 11 is 0. The molecule has 1 atom stereocenters. The summed E-state index contributed by atoms with van der Waals surface area (Å²) in [4.78, 5) is 7.33. The molecule has 0 saturated carbocycles. The smallest absolute Gasteiger partial charge is 0.191 e. The van der Waals surface area contributed by atoms with Crippen LogP contribution < -0.4 is 10.6 Å². The minimum Gasteiger partial charge on any atom is -0.380 e. The molecule has 6 heteroatoms. The average Bonchev–Trinajstić information content (AvgIpc) is 2.66. The third-order valence-corrected chi connectivity index (χ3v) is 4.95. The minimum atomic E-state index is 0. The number of nitrogens with one attached hydrogen (secondary N) is 2. The van der Waals surface area contributed by atoms with E-state index in [1.807, 2.05) is 0 Å². The van der Waals surface area contributed by atoms with Crippen LogP contribution in [0.25, 0.3) is 0 Å². The zero-order valence-electron chi connectivity index (χ0n) is 17.2. The minimum absolute atomic E-state index is 0. The Balaban J connectivity index is 0.00000364. The number of guanidine groups is 1. The van der Waals surface area contributed by atoms with Crippen LogP contribution in [-0.2, 0) is 17.9 Å². The summed E-state index contributed by atoms with van der Waals surface area (Å²) < 4.78 is 5.15. The van der Waals surface area contributed by atoms with E-state index in [0.29, 0.717) is 13.2 Å². The van der Waals surface area contributed by atoms with Crippen LogP contribution in [0.2, 0.25) is 0 Å². The second-order valence-electron chi connectivity index (χ2n) is 7.11. The standard InChI is InChI=1S/C21H36N4O.HI/c1-4-22-21(23-13-7-15-25-14-6-5-8-18(25)2)24-16-19-9-11-20(12-10-19)17-26-3;/h9-12,18H,4-8,13-17H2,1-3H3,(H2,22,23,24);1H. The fourth-order valence-electron chi connectivity index (χ4n) is 3.40. The number of hydrogen-bond acceptors (Lipinski definition) is 3. The molecule has 2 N–H and O–H groups in total. The second kappa shape index (κ2) is 14.2. The summed E-state index contributed by atoms with van der Waals surface area (Å²) in [6.07, 6.45) is 5.24. The third kappa shape index (κ3) is 9.25. The predicted octanol–water partition coefficient (Wildman–Crippen LogP) is 3.77. The van der Waals surface area contributed by atoms with Crippen LogP contribution in [0, 0.1) is 0 Å².